The maximum absolute atomic E-state index is 14.1. The van der Waals surface area contributed by atoms with Crippen LogP contribution in [0.5, 0.6) is 0 Å². The Kier molecular flexibility index (Phi) is 15.5. The van der Waals surface area contributed by atoms with Crippen molar-refractivity contribution in [2.24, 2.45) is 4.99 Å². The lowest BCUT2D eigenvalue weighted by Crippen LogP contribution is -2.62. The lowest BCUT2D eigenvalue weighted by Gasteiger charge is -2.44. The topological polar surface area (TPSA) is 151 Å². The molecule has 5 atom stereocenters. The molecule has 6 aromatic rings. The SMILES string of the molecule is Cc1ccc(NC(=S)/N=C(\Nc2ccc(Cl)cc2)SC2O[C@H](COC(=O)c3ccccc3)[C@@H](OC(=O)c3ccccc3)[C@H](OC(=O)c3ccccc3)[C@H]2OC(=O)c2ccccc2)cc1. The van der Waals surface area contributed by atoms with Gasteiger partial charge in [0.05, 0.1) is 22.3 Å². The second-order valence-corrected chi connectivity index (χ2v) is 16.1. The number of amidine groups is 1. The van der Waals surface area contributed by atoms with Crippen molar-refractivity contribution >= 4 is 81.1 Å². The van der Waals surface area contributed by atoms with Gasteiger partial charge in [-0.2, -0.15) is 4.99 Å². The summed E-state index contributed by atoms with van der Waals surface area (Å²) in [5.41, 5.74) is 1.71. The molecule has 6 aromatic carbocycles. The maximum atomic E-state index is 14.1. The molecular formula is C49H40ClN3O9S2. The molecule has 0 saturated carbocycles. The summed E-state index contributed by atoms with van der Waals surface area (Å²) in [5.74, 6) is -3.14. The van der Waals surface area contributed by atoms with Crippen LogP contribution in [0.2, 0.25) is 5.02 Å². The predicted octanol–water partition coefficient (Wildman–Crippen LogP) is 9.81. The molecule has 64 heavy (non-hydrogen) atoms. The Morgan fingerprint density at radius 3 is 1.50 bits per heavy atom. The van der Waals surface area contributed by atoms with Gasteiger partial charge in [-0.1, -0.05) is 114 Å². The van der Waals surface area contributed by atoms with E-state index >= 15 is 0 Å². The number of aliphatic imine (C=N–C) groups is 1. The second-order valence-electron chi connectivity index (χ2n) is 14.2. The highest BCUT2D eigenvalue weighted by Gasteiger charge is 2.54. The Hall–Kier alpha value is -6.84. The zero-order chi connectivity index (χ0) is 44.8. The van der Waals surface area contributed by atoms with Gasteiger partial charge in [0.15, 0.2) is 34.0 Å². The van der Waals surface area contributed by atoms with Gasteiger partial charge in [0, 0.05) is 16.4 Å². The van der Waals surface area contributed by atoms with E-state index in [2.05, 4.69) is 10.6 Å². The van der Waals surface area contributed by atoms with E-state index in [0.717, 1.165) is 17.3 Å². The van der Waals surface area contributed by atoms with Crippen LogP contribution >= 0.6 is 35.6 Å². The average Bonchev–Trinajstić information content (AvgIpc) is 3.32. The molecule has 0 amide bonds. The molecule has 7 rings (SSSR count). The summed E-state index contributed by atoms with van der Waals surface area (Å²) in [4.78, 5) is 60.3. The number of hydrogen-bond acceptors (Lipinski definition) is 11. The number of halogens is 1. The largest absolute Gasteiger partial charge is 0.459 e. The van der Waals surface area contributed by atoms with Gasteiger partial charge in [0.2, 0.25) is 0 Å². The van der Waals surface area contributed by atoms with Crippen LogP contribution in [0.4, 0.5) is 11.4 Å². The lowest BCUT2D eigenvalue weighted by molar-refractivity contribution is -0.207. The van der Waals surface area contributed by atoms with Gasteiger partial charge in [-0.25, -0.2) is 19.2 Å². The Labute approximate surface area is 383 Å². The minimum absolute atomic E-state index is 0.0523. The third kappa shape index (κ3) is 12.4. The second kappa shape index (κ2) is 22.0. The molecule has 0 bridgehead atoms. The number of hydrogen-bond donors (Lipinski definition) is 2. The number of benzene rings is 6. The number of carbonyl (C=O) groups is 4. The molecule has 12 nitrogen and oxygen atoms in total. The van der Waals surface area contributed by atoms with Crippen molar-refractivity contribution in [3.05, 3.63) is 203 Å². The highest BCUT2D eigenvalue weighted by atomic mass is 35.5. The molecule has 1 aliphatic heterocycles. The van der Waals surface area contributed by atoms with E-state index in [-0.39, 0.29) is 32.5 Å². The number of anilines is 2. The number of rotatable bonds is 12. The van der Waals surface area contributed by atoms with Crippen molar-refractivity contribution in [3.63, 3.8) is 0 Å². The summed E-state index contributed by atoms with van der Waals surface area (Å²) in [6.07, 6.45) is -5.94. The van der Waals surface area contributed by atoms with Crippen LogP contribution in [-0.2, 0) is 23.7 Å². The van der Waals surface area contributed by atoms with E-state index in [0.29, 0.717) is 16.4 Å². The van der Waals surface area contributed by atoms with Crippen molar-refractivity contribution in [1.29, 1.82) is 0 Å². The lowest BCUT2D eigenvalue weighted by atomic mass is 9.98. The molecule has 2 N–H and O–H groups in total. The fraction of sp³-hybridized carbons (Fsp3) is 0.143. The highest BCUT2D eigenvalue weighted by molar-refractivity contribution is 8.14. The maximum Gasteiger partial charge on any atom is 0.338 e. The first-order valence-electron chi connectivity index (χ1n) is 19.9. The van der Waals surface area contributed by atoms with Gasteiger partial charge in [-0.3, -0.25) is 0 Å². The number of nitrogens with one attached hydrogen (secondary N) is 2. The number of aryl methyl sites for hydroxylation is 1. The molecule has 324 valence electrons. The Morgan fingerprint density at radius 2 is 1.00 bits per heavy atom. The predicted molar refractivity (Wildman–Crippen MR) is 250 cm³/mol. The minimum Gasteiger partial charge on any atom is -0.459 e. The van der Waals surface area contributed by atoms with Gasteiger partial charge < -0.3 is 34.3 Å². The highest BCUT2D eigenvalue weighted by Crippen LogP contribution is 2.37. The molecule has 0 radical (unpaired) electrons. The van der Waals surface area contributed by atoms with Gasteiger partial charge in [-0.05, 0) is 104 Å². The summed E-state index contributed by atoms with van der Waals surface area (Å²) in [5, 5.41) is 7.04. The number of thioether (sulfide) groups is 1. The van der Waals surface area contributed by atoms with Crippen LogP contribution in [0.15, 0.2) is 175 Å². The molecule has 1 unspecified atom stereocenters. The average molecular weight is 914 g/mol. The van der Waals surface area contributed by atoms with Gasteiger partial charge >= 0.3 is 23.9 Å². The number of ether oxygens (including phenoxy) is 5. The van der Waals surface area contributed by atoms with Gasteiger partial charge in [-0.15, -0.1) is 0 Å². The Balaban J connectivity index is 1.32. The standard InChI is InChI=1S/C49H40ClN3O9S2/c1-31-22-26-37(27-23-31)51-48(63)53-49(52-38-28-24-36(50)25-29-38)64-47-42(62-46(57)35-20-12-5-13-21-35)41(61-45(56)34-18-10-4-11-19-34)40(60-44(55)33-16-8-3-9-17-33)39(59-47)30-58-43(54)32-14-6-2-7-15-32/h2-29,39-42,47H,30H2,1H3,(H2,51,52,53,63)/t39-,40-,41+,42-,47?/m1/s1. The summed E-state index contributed by atoms with van der Waals surface area (Å²) < 4.78 is 31.2. The quantitative estimate of drug-likeness (QED) is 0.0395. The Morgan fingerprint density at radius 1 is 0.578 bits per heavy atom. The first-order valence-corrected chi connectivity index (χ1v) is 21.6. The third-order valence-electron chi connectivity index (χ3n) is 9.57. The summed E-state index contributed by atoms with van der Waals surface area (Å²) >= 11 is 12.9. The van der Waals surface area contributed by atoms with Crippen molar-refractivity contribution in [3.8, 4) is 0 Å². The number of esters is 4. The van der Waals surface area contributed by atoms with Gasteiger partial charge in [0.25, 0.3) is 0 Å². The normalized spacial score (nSPS) is 18.2. The summed E-state index contributed by atoms with van der Waals surface area (Å²) in [6.45, 7) is 1.46. The fourth-order valence-electron chi connectivity index (χ4n) is 6.35. The molecule has 1 heterocycles. The van der Waals surface area contributed by atoms with Crippen LogP contribution < -0.4 is 10.6 Å². The van der Waals surface area contributed by atoms with E-state index in [1.165, 1.54) is 0 Å². The zero-order valence-corrected chi connectivity index (χ0v) is 36.5. The molecule has 1 aliphatic rings. The van der Waals surface area contributed by atoms with E-state index in [9.17, 15) is 19.2 Å². The molecule has 0 aliphatic carbocycles. The fourth-order valence-corrected chi connectivity index (χ4v) is 7.83. The van der Waals surface area contributed by atoms with Gasteiger partial charge in [0.1, 0.15) is 12.7 Å². The van der Waals surface area contributed by atoms with Crippen LogP contribution in [0.1, 0.15) is 47.0 Å². The smallest absolute Gasteiger partial charge is 0.338 e. The molecule has 1 fully saturated rings. The van der Waals surface area contributed by atoms with Crippen LogP contribution in [0.3, 0.4) is 0 Å². The van der Waals surface area contributed by atoms with Crippen molar-refractivity contribution in [2.45, 2.75) is 36.8 Å². The Bertz CT molecular complexity index is 2570. The zero-order valence-electron chi connectivity index (χ0n) is 34.1. The molecule has 1 saturated heterocycles. The summed E-state index contributed by atoms with van der Waals surface area (Å²) in [6, 6.07) is 47.1. The molecule has 0 spiro atoms. The summed E-state index contributed by atoms with van der Waals surface area (Å²) in [7, 11) is 0. The first kappa shape index (κ1) is 45.2. The van der Waals surface area contributed by atoms with Crippen LogP contribution in [0.25, 0.3) is 0 Å². The van der Waals surface area contributed by atoms with E-state index in [1.807, 2.05) is 31.2 Å². The van der Waals surface area contributed by atoms with E-state index in [1.54, 1.807) is 146 Å². The van der Waals surface area contributed by atoms with Crippen molar-refractivity contribution < 1.29 is 42.9 Å². The monoisotopic (exact) mass is 913 g/mol. The third-order valence-corrected chi connectivity index (χ3v) is 11.0. The van der Waals surface area contributed by atoms with Crippen molar-refractivity contribution in [2.75, 3.05) is 17.2 Å². The van der Waals surface area contributed by atoms with Crippen molar-refractivity contribution in [1.82, 2.24) is 0 Å². The number of nitrogens with zero attached hydrogens (tertiary/aromatic N) is 1. The molecule has 0 aromatic heterocycles. The minimum atomic E-state index is -1.57. The van der Waals surface area contributed by atoms with Crippen LogP contribution in [0, 0.1) is 6.92 Å². The number of carbonyl (C=O) groups excluding carboxylic acids is 4. The molecule has 15 heteroatoms. The number of thiocarbonyl (C=S) groups is 1. The van der Waals surface area contributed by atoms with E-state index in [4.69, 9.17) is 52.5 Å². The molecular weight excluding hydrogens is 874 g/mol. The first-order chi connectivity index (χ1) is 31.1. The van der Waals surface area contributed by atoms with Crippen LogP contribution in [-0.4, -0.2) is 70.6 Å². The van der Waals surface area contributed by atoms with E-state index < -0.39 is 60.3 Å².